The normalized spacial score (nSPS) is 14.4. The average Bonchev–Trinajstić information content (AvgIpc) is 3.31. The van der Waals surface area contributed by atoms with E-state index in [4.69, 9.17) is 4.74 Å². The van der Waals surface area contributed by atoms with Crippen LogP contribution in [0.3, 0.4) is 0 Å². The van der Waals surface area contributed by atoms with Crippen LogP contribution in [0.1, 0.15) is 36.0 Å². The maximum Gasteiger partial charge on any atom is 0.407 e. The van der Waals surface area contributed by atoms with Gasteiger partial charge >= 0.3 is 12.1 Å². The van der Waals surface area contributed by atoms with Crippen LogP contribution in [0.4, 0.5) is 4.79 Å². The topological polar surface area (TPSA) is 75.6 Å². The van der Waals surface area contributed by atoms with Crippen molar-refractivity contribution in [1.82, 2.24) is 5.32 Å². The third-order valence-corrected chi connectivity index (χ3v) is 6.20. The Morgan fingerprint density at radius 2 is 1.70 bits per heavy atom. The van der Waals surface area contributed by atoms with Crippen molar-refractivity contribution in [3.8, 4) is 11.1 Å². The van der Waals surface area contributed by atoms with Gasteiger partial charge in [-0.05, 0) is 58.0 Å². The van der Waals surface area contributed by atoms with Gasteiger partial charge in [-0.15, -0.1) is 0 Å². The number of hydrogen-bond acceptors (Lipinski definition) is 4. The SMILES string of the molecule is CC(CC(=O)O)(Cc1ccsc1)NC(=O)OCC1c2ccccc2-c2ccccc21. The van der Waals surface area contributed by atoms with Crippen LogP contribution in [0, 0.1) is 0 Å². The Bertz CT molecular complexity index is 1020. The summed E-state index contributed by atoms with van der Waals surface area (Å²) in [5, 5.41) is 16.0. The summed E-state index contributed by atoms with van der Waals surface area (Å²) in [6, 6.07) is 18.2. The lowest BCUT2D eigenvalue weighted by Gasteiger charge is -2.29. The molecule has 0 fully saturated rings. The highest BCUT2D eigenvalue weighted by molar-refractivity contribution is 7.07. The van der Waals surface area contributed by atoms with Crippen molar-refractivity contribution < 1.29 is 19.4 Å². The van der Waals surface area contributed by atoms with Crippen LogP contribution in [0.25, 0.3) is 11.1 Å². The van der Waals surface area contributed by atoms with Gasteiger partial charge < -0.3 is 15.2 Å². The van der Waals surface area contributed by atoms with E-state index < -0.39 is 17.6 Å². The van der Waals surface area contributed by atoms with Crippen molar-refractivity contribution >= 4 is 23.4 Å². The number of amides is 1. The molecule has 0 radical (unpaired) electrons. The van der Waals surface area contributed by atoms with Crippen LogP contribution < -0.4 is 5.32 Å². The number of ether oxygens (including phenoxy) is 1. The second kappa shape index (κ2) is 8.32. The molecule has 30 heavy (non-hydrogen) atoms. The molecule has 154 valence electrons. The largest absolute Gasteiger partial charge is 0.481 e. The predicted molar refractivity (Wildman–Crippen MR) is 117 cm³/mol. The smallest absolute Gasteiger partial charge is 0.407 e. The number of thiophene rings is 1. The Kier molecular flexibility index (Phi) is 5.59. The minimum atomic E-state index is -0.966. The van der Waals surface area contributed by atoms with Crippen LogP contribution in [0.5, 0.6) is 0 Å². The molecule has 1 unspecified atom stereocenters. The van der Waals surface area contributed by atoms with Crippen molar-refractivity contribution in [2.75, 3.05) is 6.61 Å². The van der Waals surface area contributed by atoms with E-state index in [0.717, 1.165) is 27.8 Å². The van der Waals surface area contributed by atoms with Gasteiger partial charge in [-0.3, -0.25) is 4.79 Å². The number of carboxylic acid groups (broad SMARTS) is 1. The number of rotatable bonds is 7. The summed E-state index contributed by atoms with van der Waals surface area (Å²) < 4.78 is 5.60. The fraction of sp³-hybridized carbons (Fsp3) is 0.250. The lowest BCUT2D eigenvalue weighted by molar-refractivity contribution is -0.138. The first-order valence-electron chi connectivity index (χ1n) is 9.81. The number of carboxylic acids is 1. The third kappa shape index (κ3) is 4.24. The number of benzene rings is 2. The van der Waals surface area contributed by atoms with Crippen molar-refractivity contribution in [3.05, 3.63) is 82.0 Å². The highest BCUT2D eigenvalue weighted by atomic mass is 32.1. The minimum absolute atomic E-state index is 0.0363. The lowest BCUT2D eigenvalue weighted by Crippen LogP contribution is -2.49. The van der Waals surface area contributed by atoms with E-state index in [1.54, 1.807) is 18.3 Å². The highest BCUT2D eigenvalue weighted by Crippen LogP contribution is 2.44. The van der Waals surface area contributed by atoms with Gasteiger partial charge in [0.1, 0.15) is 6.61 Å². The quantitative estimate of drug-likeness (QED) is 0.559. The number of carbonyl (C=O) groups is 2. The first kappa shape index (κ1) is 20.2. The van der Waals surface area contributed by atoms with Gasteiger partial charge in [0.15, 0.2) is 0 Å². The minimum Gasteiger partial charge on any atom is -0.481 e. The van der Waals surface area contributed by atoms with Gasteiger partial charge in [-0.1, -0.05) is 48.5 Å². The maximum absolute atomic E-state index is 12.6. The fourth-order valence-electron chi connectivity index (χ4n) is 4.21. The van der Waals surface area contributed by atoms with Crippen LogP contribution in [-0.2, 0) is 16.0 Å². The Hall–Kier alpha value is -3.12. The Morgan fingerprint density at radius 1 is 1.07 bits per heavy atom. The molecule has 3 aromatic rings. The first-order valence-corrected chi connectivity index (χ1v) is 10.8. The standard InChI is InChI=1S/C24H23NO4S/c1-24(13-22(26)27,12-16-10-11-30-15-16)25-23(28)29-14-21-19-8-4-2-6-17(19)18-7-3-5-9-20(18)21/h2-11,15,21H,12-14H2,1H3,(H,25,28)(H,26,27). The summed E-state index contributed by atoms with van der Waals surface area (Å²) >= 11 is 1.54. The van der Waals surface area contributed by atoms with Gasteiger partial charge in [-0.25, -0.2) is 4.79 Å². The molecule has 0 spiro atoms. The summed E-state index contributed by atoms with van der Waals surface area (Å²) in [5.41, 5.74) is 4.65. The molecule has 5 nitrogen and oxygen atoms in total. The Balaban J connectivity index is 1.47. The molecule has 0 aliphatic heterocycles. The van der Waals surface area contributed by atoms with E-state index in [9.17, 15) is 14.7 Å². The summed E-state index contributed by atoms with van der Waals surface area (Å²) in [6.45, 7) is 1.93. The van der Waals surface area contributed by atoms with Crippen LogP contribution in [0.2, 0.25) is 0 Å². The van der Waals surface area contributed by atoms with Gasteiger partial charge in [0.25, 0.3) is 0 Å². The number of hydrogen-bond donors (Lipinski definition) is 2. The predicted octanol–water partition coefficient (Wildman–Crippen LogP) is 5.06. The van der Waals surface area contributed by atoms with Crippen molar-refractivity contribution in [3.63, 3.8) is 0 Å². The van der Waals surface area contributed by atoms with Crippen molar-refractivity contribution in [2.24, 2.45) is 0 Å². The van der Waals surface area contributed by atoms with E-state index in [-0.39, 0.29) is 18.9 Å². The van der Waals surface area contributed by atoms with Gasteiger partial charge in [-0.2, -0.15) is 11.3 Å². The molecule has 4 rings (SSSR count). The van der Waals surface area contributed by atoms with Gasteiger partial charge in [0, 0.05) is 5.92 Å². The van der Waals surface area contributed by atoms with E-state index in [1.165, 1.54) is 0 Å². The summed E-state index contributed by atoms with van der Waals surface area (Å²) in [4.78, 5) is 24.0. The second-order valence-corrected chi connectivity index (χ2v) is 8.67. The molecule has 2 aromatic carbocycles. The van der Waals surface area contributed by atoms with Gasteiger partial charge in [0.05, 0.1) is 12.0 Å². The fourth-order valence-corrected chi connectivity index (χ4v) is 4.88. The van der Waals surface area contributed by atoms with Crippen molar-refractivity contribution in [1.29, 1.82) is 0 Å². The third-order valence-electron chi connectivity index (χ3n) is 5.46. The molecular weight excluding hydrogens is 398 g/mol. The molecule has 1 aliphatic rings. The van der Waals surface area contributed by atoms with Crippen molar-refractivity contribution in [2.45, 2.75) is 31.2 Å². The van der Waals surface area contributed by atoms with E-state index >= 15 is 0 Å². The van der Waals surface area contributed by atoms with Crippen LogP contribution in [-0.4, -0.2) is 29.3 Å². The molecule has 1 aliphatic carbocycles. The summed E-state index contributed by atoms with van der Waals surface area (Å²) in [6.07, 6.45) is -0.365. The number of carbonyl (C=O) groups excluding carboxylic acids is 1. The molecule has 6 heteroatoms. The first-order chi connectivity index (χ1) is 14.5. The number of aliphatic carboxylic acids is 1. The van der Waals surface area contributed by atoms with E-state index in [2.05, 4.69) is 29.6 Å². The summed E-state index contributed by atoms with van der Waals surface area (Å²) in [7, 11) is 0. The number of alkyl carbamates (subject to hydrolysis) is 1. The molecular formula is C24H23NO4S. The maximum atomic E-state index is 12.6. The van der Waals surface area contributed by atoms with Gasteiger partial charge in [0.2, 0.25) is 0 Å². The molecule has 0 saturated carbocycles. The zero-order valence-corrected chi connectivity index (χ0v) is 17.4. The molecule has 0 bridgehead atoms. The monoisotopic (exact) mass is 421 g/mol. The molecule has 2 N–H and O–H groups in total. The number of fused-ring (bicyclic) bond motifs is 3. The molecule has 0 saturated heterocycles. The van der Waals surface area contributed by atoms with Crippen LogP contribution >= 0.6 is 11.3 Å². The zero-order chi connectivity index (χ0) is 21.1. The molecule has 1 atom stereocenters. The average molecular weight is 422 g/mol. The molecule has 1 heterocycles. The summed E-state index contributed by atoms with van der Waals surface area (Å²) in [5.74, 6) is -1.00. The molecule has 1 aromatic heterocycles. The van der Waals surface area contributed by atoms with E-state index in [0.29, 0.717) is 6.42 Å². The van der Waals surface area contributed by atoms with Crippen LogP contribution in [0.15, 0.2) is 65.4 Å². The Labute approximate surface area is 179 Å². The lowest BCUT2D eigenvalue weighted by atomic mass is 9.91. The van der Waals surface area contributed by atoms with E-state index in [1.807, 2.05) is 41.1 Å². The molecule has 1 amide bonds. The highest BCUT2D eigenvalue weighted by Gasteiger charge is 2.32. The zero-order valence-electron chi connectivity index (χ0n) is 16.6. The Morgan fingerprint density at radius 3 is 2.27 bits per heavy atom. The second-order valence-electron chi connectivity index (χ2n) is 7.89. The number of nitrogens with one attached hydrogen (secondary N) is 1.